The van der Waals surface area contributed by atoms with Crippen molar-refractivity contribution in [3.63, 3.8) is 0 Å². The number of benzene rings is 1. The van der Waals surface area contributed by atoms with Gasteiger partial charge in [-0.15, -0.1) is 16.4 Å². The minimum Gasteiger partial charge on any atom is -0.391 e. The first kappa shape index (κ1) is 22.3. The Morgan fingerprint density at radius 3 is 2.70 bits per heavy atom. The summed E-state index contributed by atoms with van der Waals surface area (Å²) in [6, 6.07) is 2.37. The first-order valence-electron chi connectivity index (χ1n) is 11.0. The molecular formula is C22H24F3N5O2S. The molecule has 1 amide bonds. The summed E-state index contributed by atoms with van der Waals surface area (Å²) >= 11 is 1.25. The van der Waals surface area contributed by atoms with Crippen molar-refractivity contribution in [3.05, 3.63) is 40.7 Å². The Bertz CT molecular complexity index is 1190. The first-order valence-corrected chi connectivity index (χ1v) is 11.8. The van der Waals surface area contributed by atoms with Crippen LogP contribution in [0, 0.1) is 5.92 Å². The molecule has 1 N–H and O–H groups in total. The van der Waals surface area contributed by atoms with E-state index in [4.69, 9.17) is 0 Å². The zero-order chi connectivity index (χ0) is 23.5. The number of aromatic nitrogens is 4. The van der Waals surface area contributed by atoms with Crippen molar-refractivity contribution in [1.82, 2.24) is 24.9 Å². The van der Waals surface area contributed by atoms with Crippen LogP contribution < -0.4 is 0 Å². The molecular weight excluding hydrogens is 455 g/mol. The van der Waals surface area contributed by atoms with Crippen LogP contribution in [0.1, 0.15) is 67.4 Å². The van der Waals surface area contributed by atoms with Gasteiger partial charge in [0, 0.05) is 25.1 Å². The van der Waals surface area contributed by atoms with Crippen LogP contribution in [0.15, 0.2) is 24.4 Å². The predicted octanol–water partition coefficient (Wildman–Crippen LogP) is 4.32. The fraction of sp³-hybridized carbons (Fsp3) is 0.545. The highest BCUT2D eigenvalue weighted by molar-refractivity contribution is 7.18. The Morgan fingerprint density at radius 1 is 1.27 bits per heavy atom. The van der Waals surface area contributed by atoms with Gasteiger partial charge in [-0.3, -0.25) is 4.79 Å². The number of likely N-dealkylation sites (tertiary alicyclic amines) is 1. The lowest BCUT2D eigenvalue weighted by Crippen LogP contribution is -2.40. The number of aliphatic hydroxyl groups excluding tert-OH is 1. The lowest BCUT2D eigenvalue weighted by Gasteiger charge is -2.29. The summed E-state index contributed by atoms with van der Waals surface area (Å²) in [6.45, 7) is 4.00. The molecule has 3 aromatic rings. The van der Waals surface area contributed by atoms with Crippen molar-refractivity contribution in [2.24, 2.45) is 5.92 Å². The number of rotatable bonds is 5. The summed E-state index contributed by atoms with van der Waals surface area (Å²) in [5.41, 5.74) is 0.367. The van der Waals surface area contributed by atoms with E-state index >= 15 is 0 Å². The maximum Gasteiger partial charge on any atom is 0.416 e. The molecule has 2 fully saturated rings. The van der Waals surface area contributed by atoms with Crippen molar-refractivity contribution in [3.8, 4) is 0 Å². The van der Waals surface area contributed by atoms with Crippen LogP contribution in [0.2, 0.25) is 0 Å². The van der Waals surface area contributed by atoms with Gasteiger partial charge in [0.2, 0.25) is 5.91 Å². The molecule has 0 radical (unpaired) electrons. The van der Waals surface area contributed by atoms with Crippen molar-refractivity contribution in [2.75, 3.05) is 6.54 Å². The molecule has 2 aliphatic rings. The molecule has 5 rings (SSSR count). The maximum absolute atomic E-state index is 13.7. The second kappa shape index (κ2) is 8.05. The number of thiazole rings is 1. The third kappa shape index (κ3) is 4.23. The predicted molar refractivity (Wildman–Crippen MR) is 116 cm³/mol. The van der Waals surface area contributed by atoms with Crippen molar-refractivity contribution in [2.45, 2.75) is 63.4 Å². The quantitative estimate of drug-likeness (QED) is 0.589. The van der Waals surface area contributed by atoms with Crippen LogP contribution in [0.5, 0.6) is 0 Å². The number of carbonyl (C=O) groups is 1. The first-order chi connectivity index (χ1) is 15.6. The van der Waals surface area contributed by atoms with Gasteiger partial charge in [0.15, 0.2) is 0 Å². The van der Waals surface area contributed by atoms with E-state index in [2.05, 4.69) is 15.3 Å². The van der Waals surface area contributed by atoms with E-state index in [0.29, 0.717) is 15.6 Å². The Labute approximate surface area is 192 Å². The number of aliphatic hydroxyl groups is 1. The Kier molecular flexibility index (Phi) is 5.43. The van der Waals surface area contributed by atoms with Crippen LogP contribution in [-0.4, -0.2) is 48.5 Å². The average molecular weight is 480 g/mol. The minimum absolute atomic E-state index is 0.0747. The fourth-order valence-electron chi connectivity index (χ4n) is 4.42. The number of hydrogen-bond acceptors (Lipinski definition) is 6. The second-order valence-electron chi connectivity index (χ2n) is 9.21. The monoisotopic (exact) mass is 479 g/mol. The number of fused-ring (bicyclic) bond motifs is 1. The molecule has 176 valence electrons. The van der Waals surface area contributed by atoms with Crippen LogP contribution in [0.3, 0.4) is 0 Å². The van der Waals surface area contributed by atoms with E-state index in [1.807, 2.05) is 20.0 Å². The number of hydrogen-bond donors (Lipinski definition) is 1. The van der Waals surface area contributed by atoms with Gasteiger partial charge in [0.05, 0.1) is 33.6 Å². The van der Waals surface area contributed by atoms with E-state index < -0.39 is 29.9 Å². The molecule has 0 spiro atoms. The summed E-state index contributed by atoms with van der Waals surface area (Å²) in [4.78, 5) is 19.7. The van der Waals surface area contributed by atoms with Gasteiger partial charge in [-0.1, -0.05) is 19.1 Å². The summed E-state index contributed by atoms with van der Waals surface area (Å²) in [5, 5.41) is 19.3. The van der Waals surface area contributed by atoms with Gasteiger partial charge in [-0.2, -0.15) is 13.2 Å². The number of β-amino-alcohol motifs (C(OH)–C–C–N with tert-alkyl or cyclic N) is 1. The van der Waals surface area contributed by atoms with Crippen LogP contribution in [0.25, 0.3) is 10.2 Å². The van der Waals surface area contributed by atoms with Crippen LogP contribution in [-0.2, 0) is 11.0 Å². The zero-order valence-corrected chi connectivity index (χ0v) is 19.0. The molecule has 1 saturated heterocycles. The Morgan fingerprint density at radius 2 is 2.03 bits per heavy atom. The standard InChI is InChI=1S/C22H24F3N5O2S/c1-11(2)19(30-10-16(27-28-30)12-3-4-12)21(32)29-9-14(31)8-17(29)20-26-15-7-13(22(23,24)25)5-6-18(15)33-20/h5-7,10-12,14,17,19,31H,3-4,8-9H2,1-2H3/t14-,17+,19-/m1/s1. The highest BCUT2D eigenvalue weighted by Gasteiger charge is 2.42. The molecule has 1 aliphatic heterocycles. The lowest BCUT2D eigenvalue weighted by molar-refractivity contribution is -0.138. The van der Waals surface area contributed by atoms with Gasteiger partial charge in [-0.05, 0) is 37.0 Å². The molecule has 2 aromatic heterocycles. The largest absolute Gasteiger partial charge is 0.416 e. The molecule has 7 nitrogen and oxygen atoms in total. The molecule has 3 heterocycles. The average Bonchev–Trinajstić information content (AvgIpc) is 3.15. The highest BCUT2D eigenvalue weighted by Crippen LogP contribution is 2.41. The topological polar surface area (TPSA) is 84.1 Å². The number of carbonyl (C=O) groups excluding carboxylic acids is 1. The lowest BCUT2D eigenvalue weighted by atomic mass is 10.0. The van der Waals surface area contributed by atoms with Gasteiger partial charge in [0.1, 0.15) is 11.0 Å². The molecule has 1 aliphatic carbocycles. The highest BCUT2D eigenvalue weighted by atomic mass is 32.1. The Hall–Kier alpha value is -2.53. The van der Waals surface area contributed by atoms with E-state index in [0.717, 1.165) is 30.7 Å². The van der Waals surface area contributed by atoms with Gasteiger partial charge < -0.3 is 10.0 Å². The van der Waals surface area contributed by atoms with E-state index in [1.165, 1.54) is 17.4 Å². The number of nitrogens with zero attached hydrogens (tertiary/aromatic N) is 5. The number of alkyl halides is 3. The number of halogens is 3. The second-order valence-corrected chi connectivity index (χ2v) is 10.3. The van der Waals surface area contributed by atoms with Crippen molar-refractivity contribution in [1.29, 1.82) is 0 Å². The zero-order valence-electron chi connectivity index (χ0n) is 18.2. The Balaban J connectivity index is 1.45. The SMILES string of the molecule is CC(C)[C@H](C(=O)N1C[C@H](O)C[C@H]1c1nc2cc(C(F)(F)F)ccc2s1)n1cc(C2CC2)nn1. The molecule has 11 heteroatoms. The molecule has 1 aromatic carbocycles. The van der Waals surface area contributed by atoms with E-state index in [9.17, 15) is 23.1 Å². The molecule has 0 unspecified atom stereocenters. The summed E-state index contributed by atoms with van der Waals surface area (Å²) in [6.07, 6.45) is -0.918. The summed E-state index contributed by atoms with van der Waals surface area (Å²) in [7, 11) is 0. The normalized spacial score (nSPS) is 22.5. The maximum atomic E-state index is 13.7. The molecule has 3 atom stereocenters. The molecule has 0 bridgehead atoms. The smallest absolute Gasteiger partial charge is 0.391 e. The summed E-state index contributed by atoms with van der Waals surface area (Å²) in [5.74, 6) is 0.135. The van der Waals surface area contributed by atoms with E-state index in [1.54, 1.807) is 9.58 Å². The van der Waals surface area contributed by atoms with Gasteiger partial charge in [-0.25, -0.2) is 9.67 Å². The van der Waals surface area contributed by atoms with Crippen LogP contribution >= 0.6 is 11.3 Å². The van der Waals surface area contributed by atoms with Gasteiger partial charge >= 0.3 is 6.18 Å². The van der Waals surface area contributed by atoms with Gasteiger partial charge in [0.25, 0.3) is 0 Å². The summed E-state index contributed by atoms with van der Waals surface area (Å²) < 4.78 is 41.5. The molecule has 33 heavy (non-hydrogen) atoms. The van der Waals surface area contributed by atoms with Crippen LogP contribution in [0.4, 0.5) is 13.2 Å². The molecule has 1 saturated carbocycles. The fourth-order valence-corrected chi connectivity index (χ4v) is 5.50. The van der Waals surface area contributed by atoms with Crippen molar-refractivity contribution >= 4 is 27.5 Å². The third-order valence-electron chi connectivity index (χ3n) is 6.27. The van der Waals surface area contributed by atoms with Crippen molar-refractivity contribution < 1.29 is 23.1 Å². The third-order valence-corrected chi connectivity index (χ3v) is 7.41. The number of amides is 1. The van der Waals surface area contributed by atoms with E-state index in [-0.39, 0.29) is 30.3 Å². The minimum atomic E-state index is -4.45.